The molecule has 0 saturated carbocycles. The first-order valence-corrected chi connectivity index (χ1v) is 6.43. The minimum absolute atomic E-state index is 0.0308. The number of ether oxygens (including phenoxy) is 3. The summed E-state index contributed by atoms with van der Waals surface area (Å²) in [5, 5.41) is 0.584. The van der Waals surface area contributed by atoms with E-state index < -0.39 is 0 Å². The molecule has 19 heavy (non-hydrogen) atoms. The van der Waals surface area contributed by atoms with Crippen molar-refractivity contribution in [3.8, 4) is 5.75 Å². The number of pyridine rings is 2. The second kappa shape index (κ2) is 5.69. The predicted octanol–water partition coefficient (Wildman–Crippen LogP) is 2.08. The molecule has 6 heteroatoms. The standard InChI is InChI=1S/C13H13ClN2O3/c14-11-1-2-15-12-5-9(6-16-13(11)12)19-8-10-7-17-3-4-18-10/h1-2,5-6,10H,3-4,7-8H2. The van der Waals surface area contributed by atoms with E-state index in [1.54, 1.807) is 18.5 Å². The van der Waals surface area contributed by atoms with E-state index in [1.165, 1.54) is 0 Å². The molecule has 100 valence electrons. The van der Waals surface area contributed by atoms with Gasteiger partial charge in [-0.05, 0) is 6.07 Å². The fraction of sp³-hybridized carbons (Fsp3) is 0.385. The van der Waals surface area contributed by atoms with Gasteiger partial charge in [0, 0.05) is 12.3 Å². The molecule has 1 aliphatic heterocycles. The van der Waals surface area contributed by atoms with Crippen LogP contribution in [0.2, 0.25) is 5.02 Å². The van der Waals surface area contributed by atoms with Crippen LogP contribution in [0.1, 0.15) is 0 Å². The zero-order valence-electron chi connectivity index (χ0n) is 10.2. The fourth-order valence-electron chi connectivity index (χ4n) is 1.88. The molecule has 0 aliphatic carbocycles. The smallest absolute Gasteiger partial charge is 0.139 e. The summed E-state index contributed by atoms with van der Waals surface area (Å²) < 4.78 is 16.4. The zero-order valence-corrected chi connectivity index (χ0v) is 11.0. The maximum absolute atomic E-state index is 6.03. The fourth-order valence-corrected chi connectivity index (χ4v) is 2.08. The van der Waals surface area contributed by atoms with Gasteiger partial charge in [-0.1, -0.05) is 11.6 Å². The Hall–Kier alpha value is -1.43. The number of nitrogens with zero attached hydrogens (tertiary/aromatic N) is 2. The van der Waals surface area contributed by atoms with Gasteiger partial charge in [0.2, 0.25) is 0 Å². The summed E-state index contributed by atoms with van der Waals surface area (Å²) in [6, 6.07) is 3.53. The van der Waals surface area contributed by atoms with Crippen molar-refractivity contribution < 1.29 is 14.2 Å². The summed E-state index contributed by atoms with van der Waals surface area (Å²) in [6.45, 7) is 2.26. The zero-order chi connectivity index (χ0) is 13.1. The molecule has 1 atom stereocenters. The van der Waals surface area contributed by atoms with Crippen LogP contribution in [-0.4, -0.2) is 42.5 Å². The lowest BCUT2D eigenvalue weighted by Crippen LogP contribution is -2.33. The van der Waals surface area contributed by atoms with Gasteiger partial charge >= 0.3 is 0 Å². The highest BCUT2D eigenvalue weighted by Crippen LogP contribution is 2.22. The van der Waals surface area contributed by atoms with E-state index in [1.807, 2.05) is 6.07 Å². The van der Waals surface area contributed by atoms with E-state index >= 15 is 0 Å². The van der Waals surface area contributed by atoms with Crippen molar-refractivity contribution in [2.24, 2.45) is 0 Å². The van der Waals surface area contributed by atoms with Crippen LogP contribution in [0.3, 0.4) is 0 Å². The van der Waals surface area contributed by atoms with Gasteiger partial charge in [-0.15, -0.1) is 0 Å². The van der Waals surface area contributed by atoms with Crippen LogP contribution < -0.4 is 4.74 Å². The molecule has 2 aromatic rings. The average Bonchev–Trinajstić information content (AvgIpc) is 2.46. The third-order valence-electron chi connectivity index (χ3n) is 2.82. The Kier molecular flexibility index (Phi) is 3.77. The van der Waals surface area contributed by atoms with Crippen LogP contribution in [0.5, 0.6) is 5.75 Å². The quantitative estimate of drug-likeness (QED) is 0.861. The normalized spacial score (nSPS) is 19.5. The molecule has 3 rings (SSSR count). The number of halogens is 1. The molecule has 3 heterocycles. The SMILES string of the molecule is Clc1ccnc2cc(OCC3COCCO3)cnc12. The van der Waals surface area contributed by atoms with Crippen LogP contribution >= 0.6 is 11.6 Å². The molecule has 1 unspecified atom stereocenters. The van der Waals surface area contributed by atoms with E-state index in [0.717, 1.165) is 0 Å². The van der Waals surface area contributed by atoms with Crippen LogP contribution in [0.25, 0.3) is 11.0 Å². The Labute approximate surface area is 115 Å². The second-order valence-corrected chi connectivity index (χ2v) is 4.62. The first-order valence-electron chi connectivity index (χ1n) is 6.05. The van der Waals surface area contributed by atoms with Gasteiger partial charge in [0.1, 0.15) is 24.0 Å². The number of fused-ring (bicyclic) bond motifs is 1. The van der Waals surface area contributed by atoms with Crippen molar-refractivity contribution in [2.75, 3.05) is 26.4 Å². The maximum Gasteiger partial charge on any atom is 0.139 e. The predicted molar refractivity (Wildman–Crippen MR) is 70.6 cm³/mol. The third-order valence-corrected chi connectivity index (χ3v) is 3.13. The lowest BCUT2D eigenvalue weighted by atomic mass is 10.3. The van der Waals surface area contributed by atoms with Crippen LogP contribution in [0.15, 0.2) is 24.5 Å². The summed E-state index contributed by atoms with van der Waals surface area (Å²) in [4.78, 5) is 8.47. The summed E-state index contributed by atoms with van der Waals surface area (Å²) in [6.07, 6.45) is 3.25. The van der Waals surface area contributed by atoms with Crippen LogP contribution in [0, 0.1) is 0 Å². The topological polar surface area (TPSA) is 53.5 Å². The molecule has 0 radical (unpaired) electrons. The highest BCUT2D eigenvalue weighted by molar-refractivity contribution is 6.34. The molecule has 0 bridgehead atoms. The van der Waals surface area contributed by atoms with Crippen molar-refractivity contribution in [1.29, 1.82) is 0 Å². The van der Waals surface area contributed by atoms with Gasteiger partial charge in [-0.2, -0.15) is 0 Å². The Balaban J connectivity index is 1.71. The molecule has 0 amide bonds. The van der Waals surface area contributed by atoms with Crippen LogP contribution in [-0.2, 0) is 9.47 Å². The highest BCUT2D eigenvalue weighted by Gasteiger charge is 2.15. The van der Waals surface area contributed by atoms with E-state index in [2.05, 4.69) is 9.97 Å². The van der Waals surface area contributed by atoms with Gasteiger partial charge in [-0.3, -0.25) is 4.98 Å². The lowest BCUT2D eigenvalue weighted by Gasteiger charge is -2.22. The van der Waals surface area contributed by atoms with Gasteiger partial charge in [0.05, 0.1) is 36.6 Å². The molecule has 2 aromatic heterocycles. The molecular weight excluding hydrogens is 268 g/mol. The first kappa shape index (κ1) is 12.6. The highest BCUT2D eigenvalue weighted by atomic mass is 35.5. The minimum atomic E-state index is -0.0308. The van der Waals surface area contributed by atoms with E-state index in [4.69, 9.17) is 25.8 Å². The number of hydrogen-bond acceptors (Lipinski definition) is 5. The van der Waals surface area contributed by atoms with Gasteiger partial charge < -0.3 is 14.2 Å². The first-order chi connectivity index (χ1) is 9.33. The average molecular weight is 281 g/mol. The monoisotopic (exact) mass is 280 g/mol. The third kappa shape index (κ3) is 2.94. The maximum atomic E-state index is 6.03. The van der Waals surface area contributed by atoms with Gasteiger partial charge in [0.25, 0.3) is 0 Å². The molecule has 1 fully saturated rings. The van der Waals surface area contributed by atoms with Crippen LogP contribution in [0.4, 0.5) is 0 Å². The summed E-state index contributed by atoms with van der Waals surface area (Å²) >= 11 is 6.03. The Morgan fingerprint density at radius 2 is 2.32 bits per heavy atom. The molecule has 0 aromatic carbocycles. The molecule has 1 aliphatic rings. The summed E-state index contributed by atoms with van der Waals surface area (Å²) in [7, 11) is 0. The Morgan fingerprint density at radius 1 is 1.37 bits per heavy atom. The van der Waals surface area contributed by atoms with Crippen molar-refractivity contribution in [3.05, 3.63) is 29.5 Å². The molecule has 1 saturated heterocycles. The second-order valence-electron chi connectivity index (χ2n) is 4.21. The van der Waals surface area contributed by atoms with E-state index in [9.17, 15) is 0 Å². The van der Waals surface area contributed by atoms with E-state index in [-0.39, 0.29) is 6.10 Å². The van der Waals surface area contributed by atoms with Crippen molar-refractivity contribution in [3.63, 3.8) is 0 Å². The number of hydrogen-bond donors (Lipinski definition) is 0. The summed E-state index contributed by atoms with van der Waals surface area (Å²) in [5.74, 6) is 0.649. The van der Waals surface area contributed by atoms with Crippen molar-refractivity contribution >= 4 is 22.6 Å². The van der Waals surface area contributed by atoms with Crippen molar-refractivity contribution in [2.45, 2.75) is 6.10 Å². The van der Waals surface area contributed by atoms with Crippen molar-refractivity contribution in [1.82, 2.24) is 9.97 Å². The Bertz CT molecular complexity index is 573. The molecule has 5 nitrogen and oxygen atoms in total. The lowest BCUT2D eigenvalue weighted by molar-refractivity contribution is -0.101. The summed E-state index contributed by atoms with van der Waals surface area (Å²) in [5.41, 5.74) is 1.39. The molecule has 0 spiro atoms. The molecular formula is C13H13ClN2O3. The largest absolute Gasteiger partial charge is 0.489 e. The van der Waals surface area contributed by atoms with Gasteiger partial charge in [-0.25, -0.2) is 4.98 Å². The Morgan fingerprint density at radius 3 is 3.16 bits per heavy atom. The van der Waals surface area contributed by atoms with Gasteiger partial charge in [0.15, 0.2) is 0 Å². The van der Waals surface area contributed by atoms with E-state index in [0.29, 0.717) is 48.2 Å². The molecule has 0 N–H and O–H groups in total. The minimum Gasteiger partial charge on any atom is -0.489 e. The number of rotatable bonds is 3. The number of aromatic nitrogens is 2.